The first-order chi connectivity index (χ1) is 9.67. The molecule has 1 heterocycles. The van der Waals surface area contributed by atoms with E-state index in [0.29, 0.717) is 27.8 Å². The Morgan fingerprint density at radius 3 is 2.80 bits per heavy atom. The topological polar surface area (TPSA) is 72.2 Å². The smallest absolute Gasteiger partial charge is 0.220 e. The SMILES string of the molecule is COc1cc(C=O)c(Br)cc1Oc1cccc(C#N)n1. The quantitative estimate of drug-likeness (QED) is 0.803. The van der Waals surface area contributed by atoms with Crippen molar-refractivity contribution < 1.29 is 14.3 Å². The van der Waals surface area contributed by atoms with Crippen molar-refractivity contribution in [2.75, 3.05) is 7.11 Å². The molecule has 0 bridgehead atoms. The maximum atomic E-state index is 10.9. The van der Waals surface area contributed by atoms with Crippen LogP contribution in [-0.4, -0.2) is 18.4 Å². The van der Waals surface area contributed by atoms with Crippen LogP contribution in [0.2, 0.25) is 0 Å². The van der Waals surface area contributed by atoms with Gasteiger partial charge in [0.05, 0.1) is 7.11 Å². The molecule has 6 heteroatoms. The van der Waals surface area contributed by atoms with Gasteiger partial charge in [-0.1, -0.05) is 6.07 Å². The third kappa shape index (κ3) is 2.95. The molecule has 100 valence electrons. The van der Waals surface area contributed by atoms with E-state index < -0.39 is 0 Å². The van der Waals surface area contributed by atoms with Crippen molar-refractivity contribution in [1.82, 2.24) is 4.98 Å². The predicted octanol–water partition coefficient (Wildman–Crippen LogP) is 3.33. The van der Waals surface area contributed by atoms with Gasteiger partial charge in [0.2, 0.25) is 5.88 Å². The highest BCUT2D eigenvalue weighted by Gasteiger charge is 2.11. The number of nitrogens with zero attached hydrogens (tertiary/aromatic N) is 2. The minimum absolute atomic E-state index is 0.255. The van der Waals surface area contributed by atoms with Crippen molar-refractivity contribution in [3.63, 3.8) is 0 Å². The number of benzene rings is 1. The molecular weight excluding hydrogens is 324 g/mol. The number of methoxy groups -OCH3 is 1. The first kappa shape index (κ1) is 14.0. The van der Waals surface area contributed by atoms with Crippen LogP contribution in [0.15, 0.2) is 34.8 Å². The molecule has 0 N–H and O–H groups in total. The Kier molecular flexibility index (Phi) is 4.33. The van der Waals surface area contributed by atoms with Gasteiger partial charge < -0.3 is 9.47 Å². The summed E-state index contributed by atoms with van der Waals surface area (Å²) < 4.78 is 11.3. The van der Waals surface area contributed by atoms with Crippen molar-refractivity contribution in [3.8, 4) is 23.4 Å². The van der Waals surface area contributed by atoms with E-state index in [0.717, 1.165) is 0 Å². The van der Waals surface area contributed by atoms with E-state index in [-0.39, 0.29) is 11.6 Å². The minimum Gasteiger partial charge on any atom is -0.493 e. The monoisotopic (exact) mass is 332 g/mol. The van der Waals surface area contributed by atoms with Crippen LogP contribution in [0.4, 0.5) is 0 Å². The van der Waals surface area contributed by atoms with Gasteiger partial charge in [0, 0.05) is 16.1 Å². The van der Waals surface area contributed by atoms with Crippen molar-refractivity contribution >= 4 is 22.2 Å². The number of pyridine rings is 1. The molecule has 0 amide bonds. The van der Waals surface area contributed by atoms with Gasteiger partial charge in [-0.05, 0) is 34.1 Å². The zero-order chi connectivity index (χ0) is 14.5. The summed E-state index contributed by atoms with van der Waals surface area (Å²) in [5, 5.41) is 8.80. The van der Waals surface area contributed by atoms with Crippen molar-refractivity contribution in [2.24, 2.45) is 0 Å². The molecule has 0 aliphatic heterocycles. The highest BCUT2D eigenvalue weighted by molar-refractivity contribution is 9.10. The number of hydrogen-bond donors (Lipinski definition) is 0. The van der Waals surface area contributed by atoms with Gasteiger partial charge in [0.1, 0.15) is 11.8 Å². The molecule has 1 aromatic carbocycles. The molecule has 0 spiro atoms. The van der Waals surface area contributed by atoms with E-state index in [1.54, 1.807) is 30.3 Å². The van der Waals surface area contributed by atoms with Crippen LogP contribution in [0.25, 0.3) is 0 Å². The highest BCUT2D eigenvalue weighted by atomic mass is 79.9. The normalized spacial score (nSPS) is 9.65. The Bertz CT molecular complexity index is 695. The Morgan fingerprint density at radius 1 is 1.35 bits per heavy atom. The lowest BCUT2D eigenvalue weighted by Gasteiger charge is -2.11. The molecule has 2 aromatic rings. The molecule has 5 nitrogen and oxygen atoms in total. The maximum absolute atomic E-state index is 10.9. The second kappa shape index (κ2) is 6.17. The second-order valence-electron chi connectivity index (χ2n) is 3.72. The van der Waals surface area contributed by atoms with E-state index in [9.17, 15) is 4.79 Å². The van der Waals surface area contributed by atoms with Crippen LogP contribution in [0.1, 0.15) is 16.1 Å². The number of nitriles is 1. The second-order valence-corrected chi connectivity index (χ2v) is 4.57. The first-order valence-electron chi connectivity index (χ1n) is 5.55. The average molecular weight is 333 g/mol. The third-order valence-corrected chi connectivity index (χ3v) is 3.15. The van der Waals surface area contributed by atoms with Gasteiger partial charge in [-0.25, -0.2) is 4.98 Å². The van der Waals surface area contributed by atoms with Gasteiger partial charge in [0.25, 0.3) is 0 Å². The highest BCUT2D eigenvalue weighted by Crippen LogP contribution is 2.35. The molecule has 0 aliphatic rings. The van der Waals surface area contributed by atoms with E-state index in [4.69, 9.17) is 14.7 Å². The lowest BCUT2D eigenvalue weighted by molar-refractivity contribution is 0.112. The summed E-state index contributed by atoms with van der Waals surface area (Å²) in [5.41, 5.74) is 0.706. The number of carbonyl (C=O) groups excluding carboxylic acids is 1. The van der Waals surface area contributed by atoms with Crippen LogP contribution in [-0.2, 0) is 0 Å². The van der Waals surface area contributed by atoms with Crippen LogP contribution < -0.4 is 9.47 Å². The number of hydrogen-bond acceptors (Lipinski definition) is 5. The van der Waals surface area contributed by atoms with Gasteiger partial charge in [0.15, 0.2) is 17.8 Å². The summed E-state index contributed by atoms with van der Waals surface area (Å²) in [5.74, 6) is 1.07. The summed E-state index contributed by atoms with van der Waals surface area (Å²) in [6.45, 7) is 0. The molecule has 2 rings (SSSR count). The van der Waals surface area contributed by atoms with Gasteiger partial charge in [-0.15, -0.1) is 0 Å². The maximum Gasteiger partial charge on any atom is 0.220 e. The molecule has 0 saturated carbocycles. The number of aromatic nitrogens is 1. The summed E-state index contributed by atoms with van der Waals surface area (Å²) in [6.07, 6.45) is 0.713. The molecule has 0 saturated heterocycles. The number of carbonyl (C=O) groups is 1. The van der Waals surface area contributed by atoms with E-state index >= 15 is 0 Å². The molecule has 0 unspecified atom stereocenters. The summed E-state index contributed by atoms with van der Waals surface area (Å²) >= 11 is 3.27. The van der Waals surface area contributed by atoms with Crippen LogP contribution in [0, 0.1) is 11.3 Å². The van der Waals surface area contributed by atoms with E-state index in [1.807, 2.05) is 6.07 Å². The molecule has 0 aliphatic carbocycles. The van der Waals surface area contributed by atoms with Crippen molar-refractivity contribution in [2.45, 2.75) is 0 Å². The predicted molar refractivity (Wildman–Crippen MR) is 75.1 cm³/mol. The third-order valence-electron chi connectivity index (χ3n) is 2.46. The number of halogens is 1. The Hall–Kier alpha value is -2.39. The van der Waals surface area contributed by atoms with Gasteiger partial charge >= 0.3 is 0 Å². The van der Waals surface area contributed by atoms with Gasteiger partial charge in [-0.2, -0.15) is 5.26 Å². The van der Waals surface area contributed by atoms with Gasteiger partial charge in [-0.3, -0.25) is 4.79 Å². The number of aldehydes is 1. The average Bonchev–Trinajstić information content (AvgIpc) is 2.48. The number of rotatable bonds is 4. The zero-order valence-corrected chi connectivity index (χ0v) is 12.0. The largest absolute Gasteiger partial charge is 0.493 e. The van der Waals surface area contributed by atoms with E-state index in [1.165, 1.54) is 7.11 Å². The summed E-state index contributed by atoms with van der Waals surface area (Å²) in [4.78, 5) is 14.9. The molecule has 0 atom stereocenters. The summed E-state index contributed by atoms with van der Waals surface area (Å²) in [6, 6.07) is 9.98. The molecule has 1 aromatic heterocycles. The fraction of sp³-hybridized carbons (Fsp3) is 0.0714. The Balaban J connectivity index is 2.40. The molecule has 0 fully saturated rings. The fourth-order valence-corrected chi connectivity index (χ4v) is 1.94. The van der Waals surface area contributed by atoms with Crippen molar-refractivity contribution in [1.29, 1.82) is 5.26 Å². The lowest BCUT2D eigenvalue weighted by Crippen LogP contribution is -1.95. The first-order valence-corrected chi connectivity index (χ1v) is 6.35. The van der Waals surface area contributed by atoms with E-state index in [2.05, 4.69) is 20.9 Å². The van der Waals surface area contributed by atoms with Crippen molar-refractivity contribution in [3.05, 3.63) is 46.1 Å². The fourth-order valence-electron chi connectivity index (χ4n) is 1.53. The summed E-state index contributed by atoms with van der Waals surface area (Å²) in [7, 11) is 1.48. The lowest BCUT2D eigenvalue weighted by atomic mass is 10.2. The standard InChI is InChI=1S/C14H9BrN2O3/c1-19-12-5-9(8-18)11(15)6-13(12)20-14-4-2-3-10(7-16)17-14/h2-6,8H,1H3. The molecule has 0 radical (unpaired) electrons. The molecular formula is C14H9BrN2O3. The zero-order valence-electron chi connectivity index (χ0n) is 10.5. The van der Waals surface area contributed by atoms with Crippen LogP contribution in [0.3, 0.4) is 0 Å². The van der Waals surface area contributed by atoms with Crippen LogP contribution >= 0.6 is 15.9 Å². The minimum atomic E-state index is 0.255. The Morgan fingerprint density at radius 2 is 2.15 bits per heavy atom. The molecule has 20 heavy (non-hydrogen) atoms. The number of ether oxygens (including phenoxy) is 2. The van der Waals surface area contributed by atoms with Crippen LogP contribution in [0.5, 0.6) is 17.4 Å². The Labute approximate surface area is 123 Å².